The summed E-state index contributed by atoms with van der Waals surface area (Å²) in [5, 5.41) is 0. The number of fused-ring (bicyclic) bond motifs is 1. The summed E-state index contributed by atoms with van der Waals surface area (Å²) in [6, 6.07) is 12.0. The molecule has 7 nitrogen and oxygen atoms in total. The lowest BCUT2D eigenvalue weighted by Gasteiger charge is -2.35. The van der Waals surface area contributed by atoms with Crippen LogP contribution in [0.15, 0.2) is 67.4 Å². The van der Waals surface area contributed by atoms with E-state index < -0.39 is 0 Å². The van der Waals surface area contributed by atoms with Crippen LogP contribution in [0.4, 0.5) is 5.82 Å². The van der Waals surface area contributed by atoms with Crippen LogP contribution in [-0.2, 0) is 11.2 Å². The normalized spacial score (nSPS) is 14.2. The number of aromatic nitrogens is 4. The van der Waals surface area contributed by atoms with E-state index in [0.717, 1.165) is 46.9 Å². The Morgan fingerprint density at radius 3 is 2.52 bits per heavy atom. The van der Waals surface area contributed by atoms with Crippen LogP contribution >= 0.6 is 0 Å². The fraction of sp³-hybridized carbons (Fsp3) is 0.250. The molecule has 0 radical (unpaired) electrons. The summed E-state index contributed by atoms with van der Waals surface area (Å²) in [7, 11) is 0. The van der Waals surface area contributed by atoms with Crippen molar-refractivity contribution in [3.05, 3.63) is 78.5 Å². The smallest absolute Gasteiger partial charge is 0.227 e. The maximum Gasteiger partial charge on any atom is 0.227 e. The van der Waals surface area contributed by atoms with Crippen LogP contribution in [0.2, 0.25) is 0 Å². The Morgan fingerprint density at radius 1 is 0.968 bits per heavy atom. The zero-order valence-corrected chi connectivity index (χ0v) is 17.5. The van der Waals surface area contributed by atoms with Crippen LogP contribution in [0.3, 0.4) is 0 Å². The van der Waals surface area contributed by atoms with Gasteiger partial charge in [-0.25, -0.2) is 9.97 Å². The average molecular weight is 412 g/mol. The number of aryl methyl sites for hydroxylation is 1. The third-order valence-electron chi connectivity index (χ3n) is 5.92. The first kappa shape index (κ1) is 19.2. The minimum atomic E-state index is 0.181. The van der Waals surface area contributed by atoms with E-state index in [1.165, 1.54) is 0 Å². The maximum absolute atomic E-state index is 12.8. The van der Waals surface area contributed by atoms with Crippen LogP contribution in [-0.4, -0.2) is 56.3 Å². The molecule has 1 fully saturated rings. The molecule has 1 amide bonds. The van der Waals surface area contributed by atoms with Gasteiger partial charge in [-0.1, -0.05) is 24.3 Å². The molecule has 0 bridgehead atoms. The van der Waals surface area contributed by atoms with Gasteiger partial charge in [-0.2, -0.15) is 0 Å². The fourth-order valence-corrected chi connectivity index (χ4v) is 4.12. The highest BCUT2D eigenvalue weighted by atomic mass is 16.2. The molecule has 1 saturated heterocycles. The number of carbonyl (C=O) groups is 1. The number of hydrogen-bond acceptors (Lipinski definition) is 5. The number of anilines is 1. The molecule has 31 heavy (non-hydrogen) atoms. The van der Waals surface area contributed by atoms with E-state index >= 15 is 0 Å². The topological polar surface area (TPSA) is 66.6 Å². The molecule has 1 aliphatic heterocycles. The Labute approximate surface area is 181 Å². The number of amides is 1. The molecule has 1 aromatic carbocycles. The van der Waals surface area contributed by atoms with Gasteiger partial charge in [-0.3, -0.25) is 14.2 Å². The maximum atomic E-state index is 12.8. The van der Waals surface area contributed by atoms with Gasteiger partial charge in [0, 0.05) is 56.5 Å². The van der Waals surface area contributed by atoms with E-state index in [0.29, 0.717) is 19.5 Å². The van der Waals surface area contributed by atoms with E-state index in [-0.39, 0.29) is 5.91 Å². The Bertz CT molecular complexity index is 1210. The Hall–Kier alpha value is -3.74. The van der Waals surface area contributed by atoms with Crippen molar-refractivity contribution in [2.75, 3.05) is 31.1 Å². The molecule has 156 valence electrons. The number of carbonyl (C=O) groups excluding carboxylic acids is 1. The molecule has 0 aliphatic carbocycles. The molecule has 0 N–H and O–H groups in total. The van der Waals surface area contributed by atoms with E-state index in [4.69, 9.17) is 0 Å². The SMILES string of the molecule is Cc1ccccc1CC(=O)N1CCN(c2nccn3c(-c4ccncc4)cnc23)CC1. The molecule has 3 aromatic heterocycles. The third-order valence-corrected chi connectivity index (χ3v) is 5.92. The van der Waals surface area contributed by atoms with Gasteiger partial charge in [0.25, 0.3) is 0 Å². The number of rotatable bonds is 4. The van der Waals surface area contributed by atoms with Crippen molar-refractivity contribution in [1.82, 2.24) is 24.3 Å². The summed E-state index contributed by atoms with van der Waals surface area (Å²) in [6.45, 7) is 4.90. The second-order valence-corrected chi connectivity index (χ2v) is 7.79. The summed E-state index contributed by atoms with van der Waals surface area (Å²) in [5.74, 6) is 1.04. The number of hydrogen-bond donors (Lipinski definition) is 0. The average Bonchev–Trinajstić information content (AvgIpc) is 3.26. The summed E-state index contributed by atoms with van der Waals surface area (Å²) in [6.07, 6.45) is 9.63. The third kappa shape index (κ3) is 3.74. The van der Waals surface area contributed by atoms with Gasteiger partial charge >= 0.3 is 0 Å². The van der Waals surface area contributed by atoms with Gasteiger partial charge in [0.2, 0.25) is 5.91 Å². The van der Waals surface area contributed by atoms with E-state index in [1.54, 1.807) is 12.4 Å². The van der Waals surface area contributed by atoms with Gasteiger partial charge in [0.15, 0.2) is 11.5 Å². The van der Waals surface area contributed by atoms with Gasteiger partial charge in [-0.05, 0) is 30.2 Å². The quantitative estimate of drug-likeness (QED) is 0.516. The van der Waals surface area contributed by atoms with Gasteiger partial charge in [0.05, 0.1) is 18.3 Å². The van der Waals surface area contributed by atoms with Crippen LogP contribution in [0.1, 0.15) is 11.1 Å². The lowest BCUT2D eigenvalue weighted by molar-refractivity contribution is -0.130. The second-order valence-electron chi connectivity index (χ2n) is 7.79. The highest BCUT2D eigenvalue weighted by molar-refractivity contribution is 5.79. The Morgan fingerprint density at radius 2 is 1.74 bits per heavy atom. The molecule has 7 heteroatoms. The monoisotopic (exact) mass is 412 g/mol. The van der Waals surface area contributed by atoms with Crippen LogP contribution in [0.25, 0.3) is 16.9 Å². The molecule has 0 spiro atoms. The van der Waals surface area contributed by atoms with E-state index in [1.807, 2.05) is 53.8 Å². The highest BCUT2D eigenvalue weighted by Gasteiger charge is 2.24. The predicted molar refractivity (Wildman–Crippen MR) is 120 cm³/mol. The van der Waals surface area contributed by atoms with Crippen LogP contribution < -0.4 is 4.90 Å². The first-order chi connectivity index (χ1) is 15.2. The molecule has 5 rings (SSSR count). The van der Waals surface area contributed by atoms with Crippen molar-refractivity contribution in [3.63, 3.8) is 0 Å². The zero-order chi connectivity index (χ0) is 21.2. The summed E-state index contributed by atoms with van der Waals surface area (Å²) < 4.78 is 2.06. The zero-order valence-electron chi connectivity index (χ0n) is 17.5. The summed E-state index contributed by atoms with van der Waals surface area (Å²) >= 11 is 0. The molecule has 4 aromatic rings. The predicted octanol–water partition coefficient (Wildman–Crippen LogP) is 2.99. The van der Waals surface area contributed by atoms with Gasteiger partial charge < -0.3 is 9.80 Å². The van der Waals surface area contributed by atoms with Crippen molar-refractivity contribution in [1.29, 1.82) is 0 Å². The highest BCUT2D eigenvalue weighted by Crippen LogP contribution is 2.25. The van der Waals surface area contributed by atoms with Crippen LogP contribution in [0.5, 0.6) is 0 Å². The number of piperazine rings is 1. The number of imidazole rings is 1. The lowest BCUT2D eigenvalue weighted by atomic mass is 10.1. The minimum Gasteiger partial charge on any atom is -0.350 e. The minimum absolute atomic E-state index is 0.181. The summed E-state index contributed by atoms with van der Waals surface area (Å²) in [5.41, 5.74) is 5.16. The standard InChI is InChI=1S/C24H24N6O/c1-18-4-2-3-5-20(18)16-22(31)28-12-14-29(15-13-28)23-24-27-17-21(30(24)11-10-26-23)19-6-8-25-9-7-19/h2-11,17H,12-16H2,1H3. The van der Waals surface area contributed by atoms with Crippen molar-refractivity contribution >= 4 is 17.4 Å². The molecule has 0 unspecified atom stereocenters. The van der Waals surface area contributed by atoms with Gasteiger partial charge in [-0.15, -0.1) is 0 Å². The lowest BCUT2D eigenvalue weighted by Crippen LogP contribution is -2.49. The number of pyridine rings is 1. The molecule has 4 heterocycles. The Balaban J connectivity index is 1.31. The number of nitrogens with zero attached hydrogens (tertiary/aromatic N) is 6. The van der Waals surface area contributed by atoms with E-state index in [9.17, 15) is 4.79 Å². The van der Waals surface area contributed by atoms with Crippen molar-refractivity contribution in [3.8, 4) is 11.3 Å². The first-order valence-electron chi connectivity index (χ1n) is 10.5. The van der Waals surface area contributed by atoms with Crippen molar-refractivity contribution in [2.24, 2.45) is 0 Å². The molecule has 0 saturated carbocycles. The van der Waals surface area contributed by atoms with Gasteiger partial charge in [0.1, 0.15) is 0 Å². The van der Waals surface area contributed by atoms with Crippen molar-refractivity contribution < 1.29 is 4.79 Å². The van der Waals surface area contributed by atoms with Crippen molar-refractivity contribution in [2.45, 2.75) is 13.3 Å². The first-order valence-corrected chi connectivity index (χ1v) is 10.5. The van der Waals surface area contributed by atoms with Crippen LogP contribution in [0, 0.1) is 6.92 Å². The van der Waals surface area contributed by atoms with E-state index in [2.05, 4.69) is 37.2 Å². The fourth-order valence-electron chi connectivity index (χ4n) is 4.12. The summed E-state index contributed by atoms with van der Waals surface area (Å²) in [4.78, 5) is 30.3. The molecule has 1 aliphatic rings. The molecular formula is C24H24N6O. The largest absolute Gasteiger partial charge is 0.350 e. The molecule has 0 atom stereocenters. The second kappa shape index (κ2) is 8.18. The molecular weight excluding hydrogens is 388 g/mol. The Kier molecular flexibility index (Phi) is 5.08. The number of benzene rings is 1.